The second-order valence-electron chi connectivity index (χ2n) is 4.51. The average Bonchev–Trinajstić information content (AvgIpc) is 2.65. The van der Waals surface area contributed by atoms with Crippen LogP contribution in [0, 0.1) is 17.3 Å². The van der Waals surface area contributed by atoms with E-state index in [9.17, 15) is 24.0 Å². The number of amides is 4. The second-order valence-corrected chi connectivity index (χ2v) is 4.51. The second kappa shape index (κ2) is 3.72. The number of hydrogen-bond donors (Lipinski definition) is 2. The van der Waals surface area contributed by atoms with E-state index in [2.05, 4.69) is 0 Å². The number of hydrogen-bond acceptors (Lipinski definition) is 5. The van der Waals surface area contributed by atoms with Gasteiger partial charge in [0.25, 0.3) is 0 Å². The summed E-state index contributed by atoms with van der Waals surface area (Å²) in [6, 6.07) is 0. The zero-order valence-corrected chi connectivity index (χ0v) is 9.90. The molecule has 0 spiro atoms. The topological polar surface area (TPSA) is 109 Å². The van der Waals surface area contributed by atoms with E-state index in [-0.39, 0.29) is 6.42 Å². The SMILES string of the molecule is CCC(C(C)=O)C12C(=O)NC(=O)C1C(=O)NC2=O. The first kappa shape index (κ1) is 12.4. The summed E-state index contributed by atoms with van der Waals surface area (Å²) in [5.41, 5.74) is -1.89. The van der Waals surface area contributed by atoms with Gasteiger partial charge in [-0.25, -0.2) is 0 Å². The van der Waals surface area contributed by atoms with Crippen LogP contribution in [-0.4, -0.2) is 29.4 Å². The van der Waals surface area contributed by atoms with E-state index >= 15 is 0 Å². The Morgan fingerprint density at radius 3 is 1.94 bits per heavy atom. The molecule has 18 heavy (non-hydrogen) atoms. The predicted octanol–water partition coefficient (Wildman–Crippen LogP) is -1.48. The van der Waals surface area contributed by atoms with Crippen molar-refractivity contribution >= 4 is 29.4 Å². The number of carbonyl (C=O) groups is 5. The van der Waals surface area contributed by atoms with Crippen molar-refractivity contribution in [2.75, 3.05) is 0 Å². The lowest BCUT2D eigenvalue weighted by atomic mass is 9.66. The van der Waals surface area contributed by atoms with Crippen molar-refractivity contribution in [3.8, 4) is 0 Å². The van der Waals surface area contributed by atoms with Crippen molar-refractivity contribution in [3.05, 3.63) is 0 Å². The molecule has 2 aliphatic heterocycles. The highest BCUT2D eigenvalue weighted by Gasteiger charge is 2.71. The molecule has 0 bridgehead atoms. The van der Waals surface area contributed by atoms with Gasteiger partial charge in [-0.3, -0.25) is 34.6 Å². The third-order valence-electron chi connectivity index (χ3n) is 3.65. The van der Waals surface area contributed by atoms with Gasteiger partial charge in [-0.05, 0) is 13.3 Å². The van der Waals surface area contributed by atoms with Gasteiger partial charge >= 0.3 is 0 Å². The molecule has 2 N–H and O–H groups in total. The number of Topliss-reactive ketones (excluding diaryl/α,β-unsaturated/α-hetero) is 1. The molecule has 4 amide bonds. The highest BCUT2D eigenvalue weighted by molar-refractivity contribution is 6.32. The van der Waals surface area contributed by atoms with Crippen LogP contribution in [0.1, 0.15) is 20.3 Å². The van der Waals surface area contributed by atoms with Crippen LogP contribution >= 0.6 is 0 Å². The minimum absolute atomic E-state index is 0.202. The standard InChI is InChI=1S/C11H12N2O5/c1-3-5(4(2)14)11-6(7(15)12-9(11)17)8(16)13-10(11)18/h5-6H,3H2,1-2H3,(H,12,15,17)(H,13,16,18). The van der Waals surface area contributed by atoms with Gasteiger partial charge in [0.15, 0.2) is 5.41 Å². The van der Waals surface area contributed by atoms with Crippen LogP contribution in [0.5, 0.6) is 0 Å². The molecule has 0 aromatic rings. The maximum Gasteiger partial charge on any atom is 0.244 e. The molecule has 0 aliphatic carbocycles. The minimum Gasteiger partial charge on any atom is -0.300 e. The van der Waals surface area contributed by atoms with E-state index in [1.165, 1.54) is 6.92 Å². The molecule has 0 aromatic heterocycles. The number of carbonyl (C=O) groups excluding carboxylic acids is 5. The number of imide groups is 2. The van der Waals surface area contributed by atoms with Crippen LogP contribution in [0.15, 0.2) is 0 Å². The van der Waals surface area contributed by atoms with Gasteiger partial charge in [0.1, 0.15) is 11.7 Å². The summed E-state index contributed by atoms with van der Waals surface area (Å²) < 4.78 is 0. The Hall–Kier alpha value is -2.05. The molecule has 7 nitrogen and oxygen atoms in total. The first-order valence-electron chi connectivity index (χ1n) is 5.58. The lowest BCUT2D eigenvalue weighted by molar-refractivity contribution is -0.149. The van der Waals surface area contributed by atoms with Crippen LogP contribution < -0.4 is 10.6 Å². The van der Waals surface area contributed by atoms with Crippen molar-refractivity contribution in [3.63, 3.8) is 0 Å². The summed E-state index contributed by atoms with van der Waals surface area (Å²) in [5, 5.41) is 3.96. The predicted molar refractivity (Wildman–Crippen MR) is 56.7 cm³/mol. The van der Waals surface area contributed by atoms with Gasteiger partial charge in [-0.2, -0.15) is 0 Å². The van der Waals surface area contributed by atoms with E-state index in [0.717, 1.165) is 0 Å². The van der Waals surface area contributed by atoms with Crippen molar-refractivity contribution in [1.29, 1.82) is 0 Å². The van der Waals surface area contributed by atoms with Gasteiger partial charge in [0.05, 0.1) is 0 Å². The molecule has 2 aliphatic rings. The smallest absolute Gasteiger partial charge is 0.244 e. The van der Waals surface area contributed by atoms with Gasteiger partial charge in [0, 0.05) is 5.92 Å². The summed E-state index contributed by atoms with van der Waals surface area (Å²) in [6.45, 7) is 2.87. The summed E-state index contributed by atoms with van der Waals surface area (Å²) >= 11 is 0. The normalized spacial score (nSPS) is 32.0. The van der Waals surface area contributed by atoms with Crippen LogP contribution in [0.3, 0.4) is 0 Å². The van der Waals surface area contributed by atoms with E-state index in [4.69, 9.17) is 0 Å². The lowest BCUT2D eigenvalue weighted by Crippen LogP contribution is -2.49. The number of fused-ring (bicyclic) bond motifs is 1. The first-order valence-corrected chi connectivity index (χ1v) is 5.58. The third-order valence-corrected chi connectivity index (χ3v) is 3.65. The third kappa shape index (κ3) is 1.21. The average molecular weight is 252 g/mol. The molecular formula is C11H12N2O5. The number of rotatable bonds is 3. The summed E-state index contributed by atoms with van der Waals surface area (Å²) in [4.78, 5) is 58.8. The maximum absolute atomic E-state index is 12.0. The van der Waals surface area contributed by atoms with E-state index in [1.54, 1.807) is 6.92 Å². The molecule has 1 atom stereocenters. The molecule has 2 heterocycles. The molecule has 0 radical (unpaired) electrons. The van der Waals surface area contributed by atoms with Crippen molar-refractivity contribution in [2.24, 2.45) is 17.3 Å². The Morgan fingerprint density at radius 1 is 1.17 bits per heavy atom. The highest BCUT2D eigenvalue weighted by atomic mass is 16.2. The van der Waals surface area contributed by atoms with Crippen molar-refractivity contribution in [1.82, 2.24) is 10.6 Å². The largest absolute Gasteiger partial charge is 0.300 e. The minimum atomic E-state index is -1.89. The van der Waals surface area contributed by atoms with Gasteiger partial charge in [-0.15, -0.1) is 0 Å². The van der Waals surface area contributed by atoms with Crippen LogP contribution in [0.25, 0.3) is 0 Å². The Balaban J connectivity index is 2.65. The number of ketones is 1. The highest BCUT2D eigenvalue weighted by Crippen LogP contribution is 2.46. The fraction of sp³-hybridized carbons (Fsp3) is 0.545. The molecule has 0 saturated carbocycles. The van der Waals surface area contributed by atoms with Crippen LogP contribution in [0.2, 0.25) is 0 Å². The van der Waals surface area contributed by atoms with Crippen LogP contribution in [-0.2, 0) is 24.0 Å². The summed E-state index contributed by atoms with van der Waals surface area (Å²) in [6.07, 6.45) is 0.202. The van der Waals surface area contributed by atoms with E-state index in [0.29, 0.717) is 0 Å². The first-order chi connectivity index (χ1) is 8.37. The molecule has 1 unspecified atom stereocenters. The molecule has 2 saturated heterocycles. The van der Waals surface area contributed by atoms with Crippen molar-refractivity contribution < 1.29 is 24.0 Å². The molecule has 2 rings (SSSR count). The Bertz CT molecular complexity index is 466. The van der Waals surface area contributed by atoms with Gasteiger partial charge in [-0.1, -0.05) is 6.92 Å². The lowest BCUT2D eigenvalue weighted by Gasteiger charge is -2.28. The molecule has 7 heteroatoms. The molecule has 0 aromatic carbocycles. The van der Waals surface area contributed by atoms with E-state index in [1.807, 2.05) is 10.6 Å². The number of nitrogens with one attached hydrogen (secondary N) is 2. The maximum atomic E-state index is 12.0. The molecule has 2 fully saturated rings. The summed E-state index contributed by atoms with van der Waals surface area (Å²) in [5.74, 6) is -6.14. The van der Waals surface area contributed by atoms with Crippen molar-refractivity contribution in [2.45, 2.75) is 20.3 Å². The van der Waals surface area contributed by atoms with Crippen LogP contribution in [0.4, 0.5) is 0 Å². The van der Waals surface area contributed by atoms with E-state index < -0.39 is 46.7 Å². The van der Waals surface area contributed by atoms with Gasteiger partial charge in [0.2, 0.25) is 23.6 Å². The zero-order valence-electron chi connectivity index (χ0n) is 9.90. The monoisotopic (exact) mass is 252 g/mol. The Labute approximate surface area is 102 Å². The molecule has 96 valence electrons. The molecular weight excluding hydrogens is 240 g/mol. The Morgan fingerprint density at radius 2 is 1.61 bits per heavy atom. The fourth-order valence-electron chi connectivity index (χ4n) is 2.92. The fourth-order valence-corrected chi connectivity index (χ4v) is 2.92. The zero-order chi connectivity index (χ0) is 13.7. The summed E-state index contributed by atoms with van der Waals surface area (Å²) in [7, 11) is 0. The van der Waals surface area contributed by atoms with Gasteiger partial charge < -0.3 is 0 Å². The quantitative estimate of drug-likeness (QED) is 0.470. The Kier molecular flexibility index (Phi) is 2.57.